The minimum atomic E-state index is 0.330. The molecule has 0 amide bonds. The first-order valence-electron chi connectivity index (χ1n) is 5.43. The first kappa shape index (κ1) is 11.0. The molecule has 6 heteroatoms. The second-order valence-corrected chi connectivity index (χ2v) is 4.32. The summed E-state index contributed by atoms with van der Waals surface area (Å²) in [4.78, 5) is 0. The third-order valence-electron chi connectivity index (χ3n) is 2.67. The summed E-state index contributed by atoms with van der Waals surface area (Å²) in [6, 6.07) is 11.7. The van der Waals surface area contributed by atoms with Crippen molar-refractivity contribution in [3.63, 3.8) is 0 Å². The van der Waals surface area contributed by atoms with Crippen LogP contribution in [0, 0.1) is 0 Å². The van der Waals surface area contributed by atoms with E-state index in [0.717, 1.165) is 11.1 Å². The first-order valence-corrected chi connectivity index (χ1v) is 5.81. The van der Waals surface area contributed by atoms with Crippen molar-refractivity contribution < 1.29 is 0 Å². The van der Waals surface area contributed by atoms with E-state index in [1.165, 1.54) is 0 Å². The number of halogens is 1. The Bertz CT molecular complexity index is 692. The van der Waals surface area contributed by atoms with E-state index in [9.17, 15) is 0 Å². The van der Waals surface area contributed by atoms with Gasteiger partial charge in [0.2, 0.25) is 0 Å². The highest BCUT2D eigenvalue weighted by molar-refractivity contribution is 6.29. The smallest absolute Gasteiger partial charge is 0.174 e. The van der Waals surface area contributed by atoms with Crippen molar-refractivity contribution in [2.24, 2.45) is 0 Å². The summed E-state index contributed by atoms with van der Waals surface area (Å²) in [5.74, 6) is 0.366. The van der Waals surface area contributed by atoms with Crippen molar-refractivity contribution in [2.75, 3.05) is 5.73 Å². The van der Waals surface area contributed by atoms with Gasteiger partial charge in [0.1, 0.15) is 0 Å². The molecule has 0 saturated carbocycles. The molecule has 0 unspecified atom stereocenters. The van der Waals surface area contributed by atoms with Gasteiger partial charge in [-0.05, 0) is 5.56 Å². The highest BCUT2D eigenvalue weighted by Crippen LogP contribution is 2.20. The van der Waals surface area contributed by atoms with E-state index in [1.807, 2.05) is 30.3 Å². The standard InChI is InChI=1S/C12H10ClN5/c13-10-6-9-11(16-15-10)12(14)17-18(9)7-8-4-2-1-3-5-8/h1-6H,7H2,(H2,14,17). The van der Waals surface area contributed by atoms with Crippen molar-refractivity contribution in [3.05, 3.63) is 47.1 Å². The van der Waals surface area contributed by atoms with Gasteiger partial charge in [-0.2, -0.15) is 5.10 Å². The fourth-order valence-corrected chi connectivity index (χ4v) is 1.99. The van der Waals surface area contributed by atoms with Crippen molar-refractivity contribution >= 4 is 28.5 Å². The molecule has 0 spiro atoms. The molecule has 0 fully saturated rings. The molecule has 2 aromatic heterocycles. The van der Waals surface area contributed by atoms with Gasteiger partial charge >= 0.3 is 0 Å². The number of rotatable bonds is 2. The van der Waals surface area contributed by atoms with E-state index in [2.05, 4.69) is 15.3 Å². The summed E-state index contributed by atoms with van der Waals surface area (Å²) in [5, 5.41) is 12.3. The molecule has 2 N–H and O–H groups in total. The maximum Gasteiger partial charge on any atom is 0.174 e. The largest absolute Gasteiger partial charge is 0.380 e. The van der Waals surface area contributed by atoms with Gasteiger partial charge in [0.15, 0.2) is 16.5 Å². The third-order valence-corrected chi connectivity index (χ3v) is 2.85. The number of hydrogen-bond acceptors (Lipinski definition) is 4. The highest BCUT2D eigenvalue weighted by atomic mass is 35.5. The number of fused-ring (bicyclic) bond motifs is 1. The lowest BCUT2D eigenvalue weighted by Crippen LogP contribution is -2.02. The zero-order chi connectivity index (χ0) is 12.5. The van der Waals surface area contributed by atoms with Gasteiger partial charge in [-0.3, -0.25) is 4.68 Å². The molecule has 3 rings (SSSR count). The van der Waals surface area contributed by atoms with Crippen LogP contribution in [0.5, 0.6) is 0 Å². The van der Waals surface area contributed by atoms with E-state index in [0.29, 0.717) is 23.0 Å². The van der Waals surface area contributed by atoms with Crippen molar-refractivity contribution in [1.82, 2.24) is 20.0 Å². The molecule has 2 heterocycles. The van der Waals surface area contributed by atoms with E-state index >= 15 is 0 Å². The Morgan fingerprint density at radius 3 is 2.72 bits per heavy atom. The average molecular weight is 260 g/mol. The third kappa shape index (κ3) is 1.89. The van der Waals surface area contributed by atoms with Crippen LogP contribution in [0.15, 0.2) is 36.4 Å². The van der Waals surface area contributed by atoms with Gasteiger partial charge in [0.25, 0.3) is 0 Å². The molecular weight excluding hydrogens is 250 g/mol. The van der Waals surface area contributed by atoms with Crippen LogP contribution in [0.1, 0.15) is 5.56 Å². The lowest BCUT2D eigenvalue weighted by Gasteiger charge is -2.02. The molecule has 0 aliphatic heterocycles. The Morgan fingerprint density at radius 2 is 1.94 bits per heavy atom. The normalized spacial score (nSPS) is 10.9. The summed E-state index contributed by atoms with van der Waals surface area (Å²) >= 11 is 5.85. The molecule has 0 aliphatic carbocycles. The molecule has 18 heavy (non-hydrogen) atoms. The summed E-state index contributed by atoms with van der Waals surface area (Å²) in [5.41, 5.74) is 8.30. The van der Waals surface area contributed by atoms with Crippen molar-refractivity contribution in [3.8, 4) is 0 Å². The van der Waals surface area contributed by atoms with Crippen LogP contribution in [0.2, 0.25) is 5.15 Å². The van der Waals surface area contributed by atoms with E-state index in [-0.39, 0.29) is 0 Å². The quantitative estimate of drug-likeness (QED) is 0.765. The number of nitrogens with two attached hydrogens (primary N) is 1. The zero-order valence-corrected chi connectivity index (χ0v) is 10.2. The maximum absolute atomic E-state index is 5.85. The summed E-state index contributed by atoms with van der Waals surface area (Å²) in [6.45, 7) is 0.622. The number of benzene rings is 1. The summed E-state index contributed by atoms with van der Waals surface area (Å²) in [6.07, 6.45) is 0. The van der Waals surface area contributed by atoms with E-state index in [4.69, 9.17) is 17.3 Å². The van der Waals surface area contributed by atoms with Crippen LogP contribution in [0.25, 0.3) is 11.0 Å². The number of nitrogens with zero attached hydrogens (tertiary/aromatic N) is 4. The maximum atomic E-state index is 5.85. The Morgan fingerprint density at radius 1 is 1.17 bits per heavy atom. The second-order valence-electron chi connectivity index (χ2n) is 3.93. The Balaban J connectivity index is 2.09. The van der Waals surface area contributed by atoms with E-state index in [1.54, 1.807) is 10.7 Å². The molecular formula is C12H10ClN5. The monoisotopic (exact) mass is 259 g/mol. The highest BCUT2D eigenvalue weighted by Gasteiger charge is 2.10. The van der Waals surface area contributed by atoms with Crippen molar-refractivity contribution in [2.45, 2.75) is 6.54 Å². The molecule has 1 aromatic carbocycles. The lowest BCUT2D eigenvalue weighted by atomic mass is 10.2. The minimum absolute atomic E-state index is 0.330. The second kappa shape index (κ2) is 4.27. The summed E-state index contributed by atoms with van der Waals surface area (Å²) in [7, 11) is 0. The molecule has 0 radical (unpaired) electrons. The molecule has 3 aromatic rings. The van der Waals surface area contributed by atoms with Crippen LogP contribution in [0.4, 0.5) is 5.82 Å². The lowest BCUT2D eigenvalue weighted by molar-refractivity contribution is 0.715. The van der Waals surface area contributed by atoms with Gasteiger partial charge in [0.05, 0.1) is 12.1 Å². The fraction of sp³-hybridized carbons (Fsp3) is 0.0833. The van der Waals surface area contributed by atoms with Gasteiger partial charge < -0.3 is 5.73 Å². The number of anilines is 1. The first-order chi connectivity index (χ1) is 8.74. The van der Waals surface area contributed by atoms with Crippen molar-refractivity contribution in [1.29, 1.82) is 0 Å². The molecule has 0 bridgehead atoms. The van der Waals surface area contributed by atoms with Crippen LogP contribution in [-0.2, 0) is 6.54 Å². The molecule has 5 nitrogen and oxygen atoms in total. The van der Waals surface area contributed by atoms with Gasteiger partial charge in [-0.15, -0.1) is 10.2 Å². The summed E-state index contributed by atoms with van der Waals surface area (Å²) < 4.78 is 1.78. The molecule has 0 aliphatic rings. The fourth-order valence-electron chi connectivity index (χ4n) is 1.85. The predicted molar refractivity (Wildman–Crippen MR) is 70.3 cm³/mol. The number of hydrogen-bond donors (Lipinski definition) is 1. The van der Waals surface area contributed by atoms with Crippen LogP contribution in [-0.4, -0.2) is 20.0 Å². The molecule has 0 saturated heterocycles. The SMILES string of the molecule is Nc1nn(Cc2ccccc2)c2cc(Cl)nnc12. The predicted octanol–water partition coefficient (Wildman–Crippen LogP) is 2.11. The van der Waals surface area contributed by atoms with Crippen LogP contribution >= 0.6 is 11.6 Å². The van der Waals surface area contributed by atoms with Gasteiger partial charge in [0, 0.05) is 6.07 Å². The minimum Gasteiger partial charge on any atom is -0.380 e. The topological polar surface area (TPSA) is 69.6 Å². The Hall–Kier alpha value is -2.14. The molecule has 90 valence electrons. The van der Waals surface area contributed by atoms with Gasteiger partial charge in [-0.25, -0.2) is 0 Å². The number of nitrogen functional groups attached to an aromatic ring is 1. The van der Waals surface area contributed by atoms with E-state index < -0.39 is 0 Å². The Kier molecular flexibility index (Phi) is 2.60. The average Bonchev–Trinajstić information content (AvgIpc) is 2.67. The number of aromatic nitrogens is 4. The van der Waals surface area contributed by atoms with Crippen LogP contribution < -0.4 is 5.73 Å². The van der Waals surface area contributed by atoms with Gasteiger partial charge in [-0.1, -0.05) is 41.9 Å². The Labute approximate surface area is 108 Å². The zero-order valence-electron chi connectivity index (χ0n) is 9.42. The molecule has 0 atom stereocenters. The van der Waals surface area contributed by atoms with Crippen LogP contribution in [0.3, 0.4) is 0 Å².